The number of benzene rings is 1. The smallest absolute Gasteiger partial charge is 0.102 e. The lowest BCUT2D eigenvalue weighted by atomic mass is 10.1. The van der Waals surface area contributed by atoms with Crippen LogP contribution in [0.25, 0.3) is 0 Å². The van der Waals surface area contributed by atoms with Crippen LogP contribution in [-0.4, -0.2) is 45.6 Å². The van der Waals surface area contributed by atoms with Crippen LogP contribution in [0.4, 0.5) is 5.69 Å². The Balaban J connectivity index is 2.13. The van der Waals surface area contributed by atoms with Crippen molar-refractivity contribution in [2.75, 3.05) is 32.2 Å². The van der Waals surface area contributed by atoms with E-state index in [-0.39, 0.29) is 18.2 Å². The second-order valence-corrected chi connectivity index (χ2v) is 6.27. The second kappa shape index (κ2) is 6.89. The molecular weight excluding hydrogens is 320 g/mol. The molecule has 0 aliphatic carbocycles. The van der Waals surface area contributed by atoms with Gasteiger partial charge in [-0.25, -0.2) is 0 Å². The van der Waals surface area contributed by atoms with Gasteiger partial charge in [0, 0.05) is 37.8 Å². The first-order valence-electron chi connectivity index (χ1n) is 6.89. The van der Waals surface area contributed by atoms with Gasteiger partial charge in [0.1, 0.15) is 12.2 Å². The predicted molar refractivity (Wildman–Crippen MR) is 85.3 cm³/mol. The summed E-state index contributed by atoms with van der Waals surface area (Å²) in [6.07, 6.45) is 1.13. The first-order valence-corrected chi connectivity index (χ1v) is 7.69. The van der Waals surface area contributed by atoms with E-state index in [0.717, 1.165) is 24.0 Å². The van der Waals surface area contributed by atoms with Gasteiger partial charge in [-0.1, -0.05) is 6.07 Å². The minimum absolute atomic E-state index is 0.121. The molecule has 0 amide bonds. The zero-order chi connectivity index (χ0) is 14.7. The highest BCUT2D eigenvalue weighted by Crippen LogP contribution is 2.31. The summed E-state index contributed by atoms with van der Waals surface area (Å²) in [5, 5.41) is 0. The van der Waals surface area contributed by atoms with Gasteiger partial charge in [0.05, 0.1) is 5.69 Å². The van der Waals surface area contributed by atoms with Crippen molar-refractivity contribution in [1.29, 1.82) is 0 Å². The van der Waals surface area contributed by atoms with E-state index in [1.807, 2.05) is 6.92 Å². The van der Waals surface area contributed by atoms with Crippen molar-refractivity contribution >= 4 is 21.6 Å². The van der Waals surface area contributed by atoms with Crippen LogP contribution in [0, 0.1) is 0 Å². The summed E-state index contributed by atoms with van der Waals surface area (Å²) in [4.78, 5) is 2.29. The monoisotopic (exact) mass is 342 g/mol. The zero-order valence-electron chi connectivity index (χ0n) is 12.3. The van der Waals surface area contributed by atoms with Crippen molar-refractivity contribution in [2.24, 2.45) is 5.73 Å². The van der Waals surface area contributed by atoms with Gasteiger partial charge in [0.15, 0.2) is 0 Å². The van der Waals surface area contributed by atoms with Crippen molar-refractivity contribution in [3.8, 4) is 0 Å². The van der Waals surface area contributed by atoms with E-state index >= 15 is 0 Å². The van der Waals surface area contributed by atoms with Gasteiger partial charge in [0.2, 0.25) is 0 Å². The summed E-state index contributed by atoms with van der Waals surface area (Å²) in [5.41, 5.74) is 8.28. The molecule has 1 saturated heterocycles. The molecule has 2 N–H and O–H groups in total. The fraction of sp³-hybridized carbons (Fsp3) is 0.600. The van der Waals surface area contributed by atoms with Crippen LogP contribution < -0.4 is 10.6 Å². The Morgan fingerprint density at radius 1 is 1.30 bits per heavy atom. The molecule has 1 aromatic rings. The minimum Gasteiger partial charge on any atom is -0.377 e. The van der Waals surface area contributed by atoms with Gasteiger partial charge in [-0.3, -0.25) is 0 Å². The normalized spacial score (nSPS) is 24.1. The molecular formula is C15H23BrN2O2. The lowest BCUT2D eigenvalue weighted by molar-refractivity contribution is -0.00461. The Labute approximate surface area is 129 Å². The number of anilines is 1. The molecule has 0 spiro atoms. The summed E-state index contributed by atoms with van der Waals surface area (Å²) < 4.78 is 12.1. The molecule has 0 aromatic heterocycles. The maximum absolute atomic E-state index is 5.85. The van der Waals surface area contributed by atoms with Gasteiger partial charge >= 0.3 is 0 Å². The molecule has 20 heavy (non-hydrogen) atoms. The first kappa shape index (κ1) is 15.8. The van der Waals surface area contributed by atoms with Crippen LogP contribution in [0.5, 0.6) is 0 Å². The minimum atomic E-state index is 0.121. The van der Waals surface area contributed by atoms with Crippen molar-refractivity contribution < 1.29 is 9.47 Å². The Morgan fingerprint density at radius 2 is 1.90 bits per heavy atom. The van der Waals surface area contributed by atoms with Crippen LogP contribution in [0.15, 0.2) is 22.7 Å². The molecule has 0 radical (unpaired) electrons. The van der Waals surface area contributed by atoms with Crippen LogP contribution in [0.3, 0.4) is 0 Å². The van der Waals surface area contributed by atoms with E-state index in [9.17, 15) is 0 Å². The molecule has 1 heterocycles. The van der Waals surface area contributed by atoms with Gasteiger partial charge in [-0.15, -0.1) is 0 Å². The van der Waals surface area contributed by atoms with Crippen molar-refractivity contribution in [2.45, 2.75) is 31.6 Å². The van der Waals surface area contributed by atoms with Crippen molar-refractivity contribution in [3.05, 3.63) is 28.2 Å². The number of nitrogens with two attached hydrogens (primary N) is 1. The summed E-state index contributed by atoms with van der Waals surface area (Å²) in [5.74, 6) is 0. The number of hydrogen-bond acceptors (Lipinski definition) is 4. The van der Waals surface area contributed by atoms with Crippen LogP contribution in [0.2, 0.25) is 0 Å². The molecule has 1 aliphatic rings. The molecule has 1 fully saturated rings. The molecule has 2 rings (SSSR count). The summed E-state index contributed by atoms with van der Waals surface area (Å²) in [6, 6.07) is 6.62. The molecule has 3 atom stereocenters. The van der Waals surface area contributed by atoms with Crippen LogP contribution in [-0.2, 0) is 15.9 Å². The van der Waals surface area contributed by atoms with Crippen LogP contribution in [0.1, 0.15) is 12.5 Å². The van der Waals surface area contributed by atoms with Gasteiger partial charge < -0.3 is 20.1 Å². The second-order valence-electron chi connectivity index (χ2n) is 5.42. The number of halogens is 1. The van der Waals surface area contributed by atoms with E-state index in [0.29, 0.717) is 0 Å². The fourth-order valence-electron chi connectivity index (χ4n) is 2.70. The SMILES string of the molecule is COC1CN(c2ccc(CC(C)N)cc2Br)CC1OC. The van der Waals surface area contributed by atoms with Crippen LogP contribution >= 0.6 is 15.9 Å². The zero-order valence-corrected chi connectivity index (χ0v) is 13.9. The standard InChI is InChI=1S/C15H23BrN2O2/c1-10(17)6-11-4-5-13(12(16)7-11)18-8-14(19-2)15(9-18)20-3/h4-5,7,10,14-15H,6,8-9,17H2,1-3H3. The molecule has 4 nitrogen and oxygen atoms in total. The third kappa shape index (κ3) is 3.52. The summed E-state index contributed by atoms with van der Waals surface area (Å²) in [7, 11) is 3.47. The van der Waals surface area contributed by atoms with E-state index in [4.69, 9.17) is 15.2 Å². The Bertz CT molecular complexity index is 441. The third-order valence-corrected chi connectivity index (χ3v) is 4.37. The third-order valence-electron chi connectivity index (χ3n) is 3.73. The van der Waals surface area contributed by atoms with E-state index in [1.165, 1.54) is 11.3 Å². The average Bonchev–Trinajstić information content (AvgIpc) is 2.81. The summed E-state index contributed by atoms with van der Waals surface area (Å²) in [6.45, 7) is 3.72. The topological polar surface area (TPSA) is 47.7 Å². The average molecular weight is 343 g/mol. The lowest BCUT2D eigenvalue weighted by Crippen LogP contribution is -2.27. The van der Waals surface area contributed by atoms with Gasteiger partial charge in [0.25, 0.3) is 0 Å². The maximum atomic E-state index is 5.85. The maximum Gasteiger partial charge on any atom is 0.102 e. The highest BCUT2D eigenvalue weighted by atomic mass is 79.9. The Hall–Kier alpha value is -0.620. The fourth-order valence-corrected chi connectivity index (χ4v) is 3.38. The quantitative estimate of drug-likeness (QED) is 0.890. The first-order chi connectivity index (χ1) is 9.55. The number of methoxy groups -OCH3 is 2. The summed E-state index contributed by atoms with van der Waals surface area (Å²) >= 11 is 3.67. The molecule has 0 bridgehead atoms. The number of hydrogen-bond donors (Lipinski definition) is 1. The lowest BCUT2D eigenvalue weighted by Gasteiger charge is -2.20. The molecule has 1 aliphatic heterocycles. The van der Waals surface area contributed by atoms with Gasteiger partial charge in [-0.05, 0) is 47.0 Å². The number of rotatable bonds is 5. The molecule has 3 unspecified atom stereocenters. The van der Waals surface area contributed by atoms with E-state index in [2.05, 4.69) is 39.0 Å². The largest absolute Gasteiger partial charge is 0.377 e. The molecule has 112 valence electrons. The Morgan fingerprint density at radius 3 is 2.35 bits per heavy atom. The van der Waals surface area contributed by atoms with Crippen molar-refractivity contribution in [3.63, 3.8) is 0 Å². The highest BCUT2D eigenvalue weighted by molar-refractivity contribution is 9.10. The number of ether oxygens (including phenoxy) is 2. The van der Waals surface area contributed by atoms with Crippen molar-refractivity contribution in [1.82, 2.24) is 0 Å². The molecule has 5 heteroatoms. The van der Waals surface area contributed by atoms with E-state index < -0.39 is 0 Å². The molecule has 1 aromatic carbocycles. The predicted octanol–water partition coefficient (Wildman–Crippen LogP) is 2.19. The molecule has 0 saturated carbocycles. The Kier molecular flexibility index (Phi) is 5.43. The highest BCUT2D eigenvalue weighted by Gasteiger charge is 2.33. The van der Waals surface area contributed by atoms with E-state index in [1.54, 1.807) is 14.2 Å². The number of nitrogens with zero attached hydrogens (tertiary/aromatic N) is 1. The van der Waals surface area contributed by atoms with Gasteiger partial charge in [-0.2, -0.15) is 0 Å².